The molecule has 0 saturated carbocycles. The van der Waals surface area contributed by atoms with Crippen molar-refractivity contribution in [2.75, 3.05) is 6.61 Å². The summed E-state index contributed by atoms with van der Waals surface area (Å²) in [5, 5.41) is 0. The molecule has 3 heterocycles. The van der Waals surface area contributed by atoms with Gasteiger partial charge in [0.2, 0.25) is 5.43 Å². The summed E-state index contributed by atoms with van der Waals surface area (Å²) in [6.45, 7) is 10.7. The summed E-state index contributed by atoms with van der Waals surface area (Å²) in [6, 6.07) is 11.3. The zero-order valence-electron chi connectivity index (χ0n) is 18.8. The van der Waals surface area contributed by atoms with Gasteiger partial charge in [-0.15, -0.1) is 0 Å². The summed E-state index contributed by atoms with van der Waals surface area (Å²) >= 11 is 0. The molecule has 1 aromatic heterocycles. The molecule has 0 unspecified atom stereocenters. The number of benzene rings is 1. The second-order valence-electron chi connectivity index (χ2n) is 9.03. The van der Waals surface area contributed by atoms with Crippen LogP contribution in [0.3, 0.4) is 0 Å². The van der Waals surface area contributed by atoms with Crippen LogP contribution in [0.5, 0.6) is 5.75 Å². The van der Waals surface area contributed by atoms with Gasteiger partial charge >= 0.3 is 0 Å². The molecule has 2 aromatic rings. The SMILES string of the molecule is Cc1c(OCc2ccccc2)c(=O)ccn1C[C@@H]1OC(C)(C)O[C@H]1[C@H]1COC(C)(C)O1. The summed E-state index contributed by atoms with van der Waals surface area (Å²) in [5.41, 5.74) is 1.62. The Morgan fingerprint density at radius 3 is 2.45 bits per heavy atom. The molecule has 2 fully saturated rings. The van der Waals surface area contributed by atoms with Crippen LogP contribution in [0.2, 0.25) is 0 Å². The standard InChI is InChI=1S/C24H31NO6/c1-16-21(27-14-17-9-7-6-8-10-17)18(26)11-12-25(16)13-19-22(31-24(4,5)29-19)20-15-28-23(2,3)30-20/h6-12,19-20,22H,13-15H2,1-5H3/t19-,20+,22+/m0/s1. The monoisotopic (exact) mass is 429 g/mol. The number of hydrogen-bond acceptors (Lipinski definition) is 6. The van der Waals surface area contributed by atoms with E-state index in [4.69, 9.17) is 23.7 Å². The van der Waals surface area contributed by atoms with Gasteiger partial charge < -0.3 is 28.3 Å². The summed E-state index contributed by atoms with van der Waals surface area (Å²) in [5.74, 6) is -1.02. The molecule has 0 N–H and O–H groups in total. The molecule has 7 heteroatoms. The van der Waals surface area contributed by atoms with Crippen molar-refractivity contribution in [3.05, 3.63) is 64.1 Å². The fraction of sp³-hybridized carbons (Fsp3) is 0.542. The molecule has 3 atom stereocenters. The number of hydrogen-bond donors (Lipinski definition) is 0. The van der Waals surface area contributed by atoms with Gasteiger partial charge in [0, 0.05) is 12.3 Å². The number of rotatable bonds is 6. The van der Waals surface area contributed by atoms with Gasteiger partial charge in [-0.1, -0.05) is 30.3 Å². The molecule has 168 valence electrons. The Morgan fingerprint density at radius 1 is 1.03 bits per heavy atom. The average Bonchev–Trinajstić information content (AvgIpc) is 3.22. The Hall–Kier alpha value is -2.19. The van der Waals surface area contributed by atoms with Gasteiger partial charge in [0.25, 0.3) is 0 Å². The molecule has 0 bridgehead atoms. The first-order valence-electron chi connectivity index (χ1n) is 10.7. The van der Waals surface area contributed by atoms with Crippen LogP contribution in [0, 0.1) is 6.92 Å². The quantitative estimate of drug-likeness (QED) is 0.701. The Labute approximate surface area is 182 Å². The zero-order chi connectivity index (χ0) is 22.2. The van der Waals surface area contributed by atoms with Crippen molar-refractivity contribution in [3.8, 4) is 5.75 Å². The maximum absolute atomic E-state index is 12.5. The van der Waals surface area contributed by atoms with E-state index in [1.165, 1.54) is 6.07 Å². The lowest BCUT2D eigenvalue weighted by Gasteiger charge is -2.25. The average molecular weight is 430 g/mol. The van der Waals surface area contributed by atoms with E-state index in [2.05, 4.69) is 0 Å². The van der Waals surface area contributed by atoms with Gasteiger partial charge in [0.1, 0.15) is 24.9 Å². The lowest BCUT2D eigenvalue weighted by Crippen LogP contribution is -2.40. The second-order valence-corrected chi connectivity index (χ2v) is 9.03. The molecule has 0 spiro atoms. The first-order valence-corrected chi connectivity index (χ1v) is 10.7. The number of aromatic nitrogens is 1. The van der Waals surface area contributed by atoms with E-state index in [-0.39, 0.29) is 23.7 Å². The van der Waals surface area contributed by atoms with Crippen molar-refractivity contribution in [1.29, 1.82) is 0 Å². The van der Waals surface area contributed by atoms with Crippen LogP contribution in [-0.4, -0.2) is 41.1 Å². The van der Waals surface area contributed by atoms with E-state index in [0.29, 0.717) is 25.5 Å². The fourth-order valence-corrected chi connectivity index (χ4v) is 4.15. The lowest BCUT2D eigenvalue weighted by atomic mass is 10.1. The minimum Gasteiger partial charge on any atom is -0.483 e. The van der Waals surface area contributed by atoms with Gasteiger partial charge in [-0.05, 0) is 40.2 Å². The van der Waals surface area contributed by atoms with Crippen LogP contribution in [0.15, 0.2) is 47.4 Å². The molecule has 0 aliphatic carbocycles. The van der Waals surface area contributed by atoms with Gasteiger partial charge in [0.05, 0.1) is 18.8 Å². The highest BCUT2D eigenvalue weighted by Gasteiger charge is 2.49. The zero-order valence-corrected chi connectivity index (χ0v) is 18.8. The van der Waals surface area contributed by atoms with E-state index in [9.17, 15) is 4.79 Å². The molecule has 7 nitrogen and oxygen atoms in total. The molecular formula is C24H31NO6. The highest BCUT2D eigenvalue weighted by molar-refractivity contribution is 5.28. The van der Waals surface area contributed by atoms with E-state index in [0.717, 1.165) is 11.3 Å². The van der Waals surface area contributed by atoms with Crippen LogP contribution in [0.4, 0.5) is 0 Å². The summed E-state index contributed by atoms with van der Waals surface area (Å²) < 4.78 is 32.0. The van der Waals surface area contributed by atoms with E-state index >= 15 is 0 Å². The summed E-state index contributed by atoms with van der Waals surface area (Å²) in [7, 11) is 0. The third kappa shape index (κ3) is 5.01. The lowest BCUT2D eigenvalue weighted by molar-refractivity contribution is -0.174. The van der Waals surface area contributed by atoms with Gasteiger partial charge in [0.15, 0.2) is 17.3 Å². The van der Waals surface area contributed by atoms with Crippen LogP contribution >= 0.6 is 0 Å². The van der Waals surface area contributed by atoms with Crippen molar-refractivity contribution < 1.29 is 23.7 Å². The summed E-state index contributed by atoms with van der Waals surface area (Å²) in [6.07, 6.45) is 0.995. The Bertz CT molecular complexity index is 968. The highest BCUT2D eigenvalue weighted by atomic mass is 16.8. The number of pyridine rings is 1. The number of nitrogens with zero attached hydrogens (tertiary/aromatic N) is 1. The Morgan fingerprint density at radius 2 is 1.77 bits per heavy atom. The predicted molar refractivity (Wildman–Crippen MR) is 115 cm³/mol. The smallest absolute Gasteiger partial charge is 0.223 e. The maximum atomic E-state index is 12.5. The predicted octanol–water partition coefficient (Wildman–Crippen LogP) is 3.41. The van der Waals surface area contributed by atoms with E-state index < -0.39 is 11.6 Å². The highest BCUT2D eigenvalue weighted by Crippen LogP contribution is 2.36. The number of ether oxygens (including phenoxy) is 5. The van der Waals surface area contributed by atoms with Crippen LogP contribution in [0.1, 0.15) is 39.0 Å². The normalized spacial score (nSPS) is 26.8. The van der Waals surface area contributed by atoms with Crippen molar-refractivity contribution in [1.82, 2.24) is 4.57 Å². The van der Waals surface area contributed by atoms with Crippen LogP contribution < -0.4 is 10.2 Å². The second kappa shape index (κ2) is 8.39. The molecule has 0 radical (unpaired) electrons. The summed E-state index contributed by atoms with van der Waals surface area (Å²) in [4.78, 5) is 12.5. The van der Waals surface area contributed by atoms with Crippen molar-refractivity contribution >= 4 is 0 Å². The maximum Gasteiger partial charge on any atom is 0.223 e. The molecule has 2 aliphatic heterocycles. The largest absolute Gasteiger partial charge is 0.483 e. The first kappa shape index (κ1) is 22.0. The minimum atomic E-state index is -0.731. The molecule has 2 aliphatic rings. The van der Waals surface area contributed by atoms with Crippen molar-refractivity contribution in [3.63, 3.8) is 0 Å². The topological polar surface area (TPSA) is 68.2 Å². The molecule has 2 saturated heterocycles. The molecular weight excluding hydrogens is 398 g/mol. The van der Waals surface area contributed by atoms with Crippen LogP contribution in [-0.2, 0) is 32.1 Å². The minimum absolute atomic E-state index is 0.139. The van der Waals surface area contributed by atoms with E-state index in [1.54, 1.807) is 6.20 Å². The van der Waals surface area contributed by atoms with Gasteiger partial charge in [-0.2, -0.15) is 0 Å². The van der Waals surface area contributed by atoms with Gasteiger partial charge in [-0.3, -0.25) is 4.79 Å². The molecule has 1 aromatic carbocycles. The third-order valence-electron chi connectivity index (χ3n) is 5.61. The fourth-order valence-electron chi connectivity index (χ4n) is 4.15. The van der Waals surface area contributed by atoms with Crippen molar-refractivity contribution in [2.24, 2.45) is 0 Å². The van der Waals surface area contributed by atoms with Crippen molar-refractivity contribution in [2.45, 2.75) is 77.7 Å². The molecule has 4 rings (SSSR count). The van der Waals surface area contributed by atoms with Gasteiger partial charge in [-0.25, -0.2) is 0 Å². The van der Waals surface area contributed by atoms with Crippen LogP contribution in [0.25, 0.3) is 0 Å². The third-order valence-corrected chi connectivity index (χ3v) is 5.61. The van der Waals surface area contributed by atoms with E-state index in [1.807, 2.05) is 69.5 Å². The Kier molecular flexibility index (Phi) is 5.96. The molecule has 0 amide bonds. The first-order chi connectivity index (χ1) is 14.6. The molecule has 31 heavy (non-hydrogen) atoms. The Balaban J connectivity index is 1.53.